The molecule has 1 aromatic carbocycles. The van der Waals surface area contributed by atoms with Crippen molar-refractivity contribution in [1.82, 2.24) is 5.32 Å². The number of rotatable bonds is 5. The quantitative estimate of drug-likeness (QED) is 0.878. The van der Waals surface area contributed by atoms with Crippen molar-refractivity contribution in [1.29, 1.82) is 0 Å². The lowest BCUT2D eigenvalue weighted by molar-refractivity contribution is -0.154. The number of nitrogens with one attached hydrogen (secondary N) is 1. The van der Waals surface area contributed by atoms with Crippen LogP contribution >= 0.6 is 23.2 Å². The van der Waals surface area contributed by atoms with Crippen molar-refractivity contribution >= 4 is 35.1 Å². The van der Waals surface area contributed by atoms with Gasteiger partial charge in [0.05, 0.1) is 11.8 Å². The Bertz CT molecular complexity index is 521. The van der Waals surface area contributed by atoms with E-state index in [-0.39, 0.29) is 18.9 Å². The number of carboxylic acids is 1. The summed E-state index contributed by atoms with van der Waals surface area (Å²) in [6, 6.07) is 5.04. The first kappa shape index (κ1) is 15.1. The number of halogens is 2. The SMILES string of the molecule is O=C(Cc1c(Cl)cccc1Cl)NCC1(C(=O)O)CCC1. The molecule has 1 fully saturated rings. The van der Waals surface area contributed by atoms with Crippen LogP contribution in [0.3, 0.4) is 0 Å². The van der Waals surface area contributed by atoms with E-state index >= 15 is 0 Å². The zero-order valence-corrected chi connectivity index (χ0v) is 12.3. The molecular formula is C14H15Cl2NO3. The topological polar surface area (TPSA) is 66.4 Å². The van der Waals surface area contributed by atoms with Crippen LogP contribution in [0.4, 0.5) is 0 Å². The second kappa shape index (κ2) is 6.02. The van der Waals surface area contributed by atoms with Gasteiger partial charge in [-0.05, 0) is 30.5 Å². The van der Waals surface area contributed by atoms with Crippen LogP contribution < -0.4 is 5.32 Å². The highest BCUT2D eigenvalue weighted by atomic mass is 35.5. The molecule has 0 unspecified atom stereocenters. The summed E-state index contributed by atoms with van der Waals surface area (Å²) in [4.78, 5) is 23.1. The summed E-state index contributed by atoms with van der Waals surface area (Å²) in [7, 11) is 0. The molecule has 0 atom stereocenters. The summed E-state index contributed by atoms with van der Waals surface area (Å²) < 4.78 is 0. The summed E-state index contributed by atoms with van der Waals surface area (Å²) in [5.74, 6) is -1.12. The highest BCUT2D eigenvalue weighted by Crippen LogP contribution is 2.40. The van der Waals surface area contributed by atoms with Crippen molar-refractivity contribution in [3.8, 4) is 0 Å². The van der Waals surface area contributed by atoms with E-state index in [9.17, 15) is 14.7 Å². The molecule has 0 heterocycles. The van der Waals surface area contributed by atoms with Crippen LogP contribution in [-0.4, -0.2) is 23.5 Å². The van der Waals surface area contributed by atoms with Crippen LogP contribution in [0.5, 0.6) is 0 Å². The van der Waals surface area contributed by atoms with Gasteiger partial charge in [0.15, 0.2) is 0 Å². The number of carboxylic acid groups (broad SMARTS) is 1. The molecule has 1 amide bonds. The average Bonchev–Trinajstić information content (AvgIpc) is 2.32. The molecule has 1 aromatic rings. The van der Waals surface area contributed by atoms with Gasteiger partial charge in [-0.2, -0.15) is 0 Å². The molecular weight excluding hydrogens is 301 g/mol. The van der Waals surface area contributed by atoms with Crippen molar-refractivity contribution in [3.63, 3.8) is 0 Å². The van der Waals surface area contributed by atoms with Gasteiger partial charge in [-0.3, -0.25) is 9.59 Å². The van der Waals surface area contributed by atoms with Crippen molar-refractivity contribution in [2.75, 3.05) is 6.54 Å². The smallest absolute Gasteiger partial charge is 0.311 e. The zero-order chi connectivity index (χ0) is 14.8. The highest BCUT2D eigenvalue weighted by Gasteiger charge is 2.44. The predicted octanol–water partition coefficient (Wildman–Crippen LogP) is 2.91. The van der Waals surface area contributed by atoms with E-state index in [4.69, 9.17) is 23.2 Å². The van der Waals surface area contributed by atoms with Gasteiger partial charge in [-0.1, -0.05) is 35.7 Å². The molecule has 0 aromatic heterocycles. The minimum atomic E-state index is -0.847. The second-order valence-corrected chi connectivity index (χ2v) is 5.91. The molecule has 0 saturated heterocycles. The normalized spacial score (nSPS) is 16.3. The maximum atomic E-state index is 11.9. The first-order valence-corrected chi connectivity index (χ1v) is 7.13. The summed E-state index contributed by atoms with van der Waals surface area (Å²) in [5, 5.41) is 12.7. The van der Waals surface area contributed by atoms with Gasteiger partial charge in [0, 0.05) is 16.6 Å². The third-order valence-electron chi connectivity index (χ3n) is 3.79. The van der Waals surface area contributed by atoms with Gasteiger partial charge in [0.1, 0.15) is 0 Å². The molecule has 0 spiro atoms. The Kier molecular flexibility index (Phi) is 4.55. The molecule has 1 saturated carbocycles. The standard InChI is InChI=1S/C14H15Cl2NO3/c15-10-3-1-4-11(16)9(10)7-12(18)17-8-14(13(19)20)5-2-6-14/h1,3-4H,2,5-8H2,(H,17,18)(H,19,20). The van der Waals surface area contributed by atoms with Crippen LogP contribution in [-0.2, 0) is 16.0 Å². The summed E-state index contributed by atoms with van der Waals surface area (Å²) >= 11 is 12.0. The average molecular weight is 316 g/mol. The Labute approximate surface area is 127 Å². The first-order chi connectivity index (χ1) is 9.44. The van der Waals surface area contributed by atoms with Crippen molar-refractivity contribution in [2.45, 2.75) is 25.7 Å². The van der Waals surface area contributed by atoms with Crippen molar-refractivity contribution in [3.05, 3.63) is 33.8 Å². The molecule has 2 N–H and O–H groups in total. The monoisotopic (exact) mass is 315 g/mol. The Morgan fingerprint density at radius 2 is 1.85 bits per heavy atom. The zero-order valence-electron chi connectivity index (χ0n) is 10.8. The van der Waals surface area contributed by atoms with Gasteiger partial charge in [-0.25, -0.2) is 0 Å². The predicted molar refractivity (Wildman–Crippen MR) is 77.1 cm³/mol. The van der Waals surface area contributed by atoms with Gasteiger partial charge in [0.25, 0.3) is 0 Å². The summed E-state index contributed by atoms with van der Waals surface area (Å²) in [6.07, 6.45) is 2.15. The Balaban J connectivity index is 1.95. The second-order valence-electron chi connectivity index (χ2n) is 5.09. The Hall–Kier alpha value is -1.26. The molecule has 1 aliphatic carbocycles. The molecule has 0 radical (unpaired) electrons. The number of benzene rings is 1. The molecule has 20 heavy (non-hydrogen) atoms. The van der Waals surface area contributed by atoms with E-state index in [1.807, 2.05) is 0 Å². The fourth-order valence-corrected chi connectivity index (χ4v) is 2.79. The lowest BCUT2D eigenvalue weighted by atomic mass is 9.69. The van der Waals surface area contributed by atoms with Gasteiger partial charge >= 0.3 is 5.97 Å². The number of amides is 1. The highest BCUT2D eigenvalue weighted by molar-refractivity contribution is 6.36. The van der Waals surface area contributed by atoms with Crippen LogP contribution in [0.2, 0.25) is 10.0 Å². The van der Waals surface area contributed by atoms with E-state index in [0.29, 0.717) is 28.5 Å². The molecule has 4 nitrogen and oxygen atoms in total. The van der Waals surface area contributed by atoms with Gasteiger partial charge in [0.2, 0.25) is 5.91 Å². The summed E-state index contributed by atoms with van der Waals surface area (Å²) in [5.41, 5.74) is -0.230. The van der Waals surface area contributed by atoms with Crippen molar-refractivity contribution < 1.29 is 14.7 Å². The third kappa shape index (κ3) is 3.07. The lowest BCUT2D eigenvalue weighted by Crippen LogP contribution is -2.47. The number of aliphatic carboxylic acids is 1. The Morgan fingerprint density at radius 1 is 1.25 bits per heavy atom. The number of hydrogen-bond acceptors (Lipinski definition) is 2. The van der Waals surface area contributed by atoms with Crippen LogP contribution in [0.1, 0.15) is 24.8 Å². The fourth-order valence-electron chi connectivity index (χ4n) is 2.26. The van der Waals surface area contributed by atoms with Gasteiger partial charge in [-0.15, -0.1) is 0 Å². The first-order valence-electron chi connectivity index (χ1n) is 6.38. The van der Waals surface area contributed by atoms with E-state index in [0.717, 1.165) is 6.42 Å². The maximum absolute atomic E-state index is 11.9. The van der Waals surface area contributed by atoms with Crippen molar-refractivity contribution in [2.24, 2.45) is 5.41 Å². The van der Waals surface area contributed by atoms with Crippen LogP contribution in [0.25, 0.3) is 0 Å². The summed E-state index contributed by atoms with van der Waals surface area (Å²) in [6.45, 7) is 0.156. The van der Waals surface area contributed by atoms with Crippen LogP contribution in [0.15, 0.2) is 18.2 Å². The molecule has 1 aliphatic rings. The van der Waals surface area contributed by atoms with Crippen LogP contribution in [0, 0.1) is 5.41 Å². The molecule has 0 aliphatic heterocycles. The number of carbonyl (C=O) groups excluding carboxylic acids is 1. The molecule has 6 heteroatoms. The number of carbonyl (C=O) groups is 2. The Morgan fingerprint density at radius 3 is 2.30 bits per heavy atom. The number of hydrogen-bond donors (Lipinski definition) is 2. The third-order valence-corrected chi connectivity index (χ3v) is 4.50. The minimum absolute atomic E-state index is 0.0498. The minimum Gasteiger partial charge on any atom is -0.481 e. The lowest BCUT2D eigenvalue weighted by Gasteiger charge is -2.37. The largest absolute Gasteiger partial charge is 0.481 e. The van der Waals surface area contributed by atoms with E-state index < -0.39 is 11.4 Å². The molecule has 108 valence electrons. The molecule has 0 bridgehead atoms. The maximum Gasteiger partial charge on any atom is 0.311 e. The molecule has 2 rings (SSSR count). The van der Waals surface area contributed by atoms with E-state index in [2.05, 4.69) is 5.32 Å². The van der Waals surface area contributed by atoms with E-state index in [1.54, 1.807) is 18.2 Å². The van der Waals surface area contributed by atoms with Gasteiger partial charge < -0.3 is 10.4 Å². The fraction of sp³-hybridized carbons (Fsp3) is 0.429. The van der Waals surface area contributed by atoms with E-state index in [1.165, 1.54) is 0 Å².